The summed E-state index contributed by atoms with van der Waals surface area (Å²) in [5.41, 5.74) is 1.68. The minimum Gasteiger partial charge on any atom is -0.493 e. The first-order valence-electron chi connectivity index (χ1n) is 8.92. The van der Waals surface area contributed by atoms with Crippen molar-refractivity contribution >= 4 is 27.3 Å². The Morgan fingerprint density at radius 3 is 2.04 bits per heavy atom. The molecule has 0 atom stereocenters. The lowest BCUT2D eigenvalue weighted by molar-refractivity contribution is 0.360. The van der Waals surface area contributed by atoms with Gasteiger partial charge < -0.3 is 18.6 Å². The third kappa shape index (κ3) is 4.23. The molecule has 6 nitrogen and oxygen atoms in total. The van der Waals surface area contributed by atoms with Crippen LogP contribution in [0.15, 0.2) is 41.3 Å². The molecule has 1 heterocycles. The zero-order chi connectivity index (χ0) is 20.3. The first-order chi connectivity index (χ1) is 13.4. The zero-order valence-corrected chi connectivity index (χ0v) is 17.7. The average Bonchev–Trinajstić information content (AvgIpc) is 3.22. The molecule has 1 saturated heterocycles. The van der Waals surface area contributed by atoms with E-state index in [1.54, 1.807) is 24.3 Å². The van der Waals surface area contributed by atoms with E-state index in [0.717, 1.165) is 37.1 Å². The predicted octanol–water partition coefficient (Wildman–Crippen LogP) is 3.55. The fourth-order valence-corrected chi connectivity index (χ4v) is 4.30. The lowest BCUT2D eigenvalue weighted by atomic mass is 10.1. The Morgan fingerprint density at radius 1 is 1.00 bits per heavy atom. The summed E-state index contributed by atoms with van der Waals surface area (Å²) in [4.78, 5) is 2.86. The van der Waals surface area contributed by atoms with E-state index in [1.807, 2.05) is 6.92 Å². The van der Waals surface area contributed by atoms with Gasteiger partial charge in [-0.05, 0) is 44.0 Å². The van der Waals surface area contributed by atoms with Gasteiger partial charge in [0.2, 0.25) is 5.75 Å². The second-order valence-corrected chi connectivity index (χ2v) is 8.49. The number of benzene rings is 2. The highest BCUT2D eigenvalue weighted by atomic mass is 32.2. The molecular formula is C20H23NO5S2. The van der Waals surface area contributed by atoms with Gasteiger partial charge in [0.05, 0.1) is 14.2 Å². The number of hydrogen-bond donors (Lipinski definition) is 0. The van der Waals surface area contributed by atoms with E-state index in [9.17, 15) is 8.42 Å². The quantitative estimate of drug-likeness (QED) is 0.522. The molecule has 0 saturated carbocycles. The molecule has 0 aliphatic carbocycles. The van der Waals surface area contributed by atoms with Gasteiger partial charge in [0, 0.05) is 18.7 Å². The summed E-state index contributed by atoms with van der Waals surface area (Å²) in [5.74, 6) is 0.483. The minimum absolute atomic E-state index is 0.00135. The molecule has 0 radical (unpaired) electrons. The molecule has 0 aromatic heterocycles. The first-order valence-corrected chi connectivity index (χ1v) is 10.7. The monoisotopic (exact) mass is 421 g/mol. The maximum atomic E-state index is 12.7. The summed E-state index contributed by atoms with van der Waals surface area (Å²) in [6, 6.07) is 9.79. The van der Waals surface area contributed by atoms with Gasteiger partial charge in [0.25, 0.3) is 0 Å². The maximum Gasteiger partial charge on any atom is 0.339 e. The van der Waals surface area contributed by atoms with Crippen molar-refractivity contribution in [3.8, 4) is 17.2 Å². The van der Waals surface area contributed by atoms with Crippen molar-refractivity contribution in [2.24, 2.45) is 0 Å². The van der Waals surface area contributed by atoms with Crippen LogP contribution in [0.25, 0.3) is 0 Å². The van der Waals surface area contributed by atoms with Crippen LogP contribution >= 0.6 is 12.2 Å². The molecular weight excluding hydrogens is 398 g/mol. The van der Waals surface area contributed by atoms with Crippen molar-refractivity contribution in [3.05, 3.63) is 47.5 Å². The van der Waals surface area contributed by atoms with E-state index in [0.29, 0.717) is 4.99 Å². The van der Waals surface area contributed by atoms with Crippen LogP contribution in [0.3, 0.4) is 0 Å². The van der Waals surface area contributed by atoms with Crippen LogP contribution in [0.2, 0.25) is 0 Å². The van der Waals surface area contributed by atoms with Gasteiger partial charge in [-0.25, -0.2) is 0 Å². The third-order valence-corrected chi connectivity index (χ3v) is 6.33. The highest BCUT2D eigenvalue weighted by Crippen LogP contribution is 2.40. The number of rotatable bonds is 6. The molecule has 8 heteroatoms. The molecule has 28 heavy (non-hydrogen) atoms. The highest BCUT2D eigenvalue weighted by molar-refractivity contribution is 7.87. The maximum absolute atomic E-state index is 12.7. The number of nitrogens with zero attached hydrogens (tertiary/aromatic N) is 1. The molecule has 3 rings (SSSR count). The van der Waals surface area contributed by atoms with E-state index >= 15 is 0 Å². The Morgan fingerprint density at radius 2 is 1.54 bits per heavy atom. The zero-order valence-electron chi connectivity index (χ0n) is 16.1. The molecule has 0 N–H and O–H groups in total. The third-order valence-electron chi connectivity index (χ3n) is 4.60. The lowest BCUT2D eigenvalue weighted by Gasteiger charge is -2.21. The smallest absolute Gasteiger partial charge is 0.339 e. The lowest BCUT2D eigenvalue weighted by Crippen LogP contribution is -2.26. The van der Waals surface area contributed by atoms with Crippen molar-refractivity contribution < 1.29 is 22.1 Å². The van der Waals surface area contributed by atoms with Crippen LogP contribution in [0.4, 0.5) is 0 Å². The van der Waals surface area contributed by atoms with Crippen molar-refractivity contribution in [2.75, 3.05) is 27.3 Å². The van der Waals surface area contributed by atoms with Crippen molar-refractivity contribution in [1.29, 1.82) is 0 Å². The van der Waals surface area contributed by atoms with Gasteiger partial charge >= 0.3 is 10.1 Å². The van der Waals surface area contributed by atoms with Gasteiger partial charge in [0.1, 0.15) is 9.88 Å². The summed E-state index contributed by atoms with van der Waals surface area (Å²) < 4.78 is 41.6. The SMILES string of the molecule is COc1cc(C(=S)N2CCCC2)cc(OC)c1OS(=O)(=O)c1ccc(C)cc1. The standard InChI is InChI=1S/C20H23NO5S2/c1-14-6-8-16(9-7-14)28(22,23)26-19-17(24-2)12-15(13-18(19)25-3)20(27)21-10-4-5-11-21/h6-9,12-13H,4-5,10-11H2,1-3H3. The van der Waals surface area contributed by atoms with E-state index in [1.165, 1.54) is 26.4 Å². The van der Waals surface area contributed by atoms with E-state index in [-0.39, 0.29) is 22.1 Å². The van der Waals surface area contributed by atoms with Crippen molar-refractivity contribution in [2.45, 2.75) is 24.7 Å². The normalized spacial score (nSPS) is 14.0. The van der Waals surface area contributed by atoms with Crippen LogP contribution in [0, 0.1) is 6.92 Å². The Bertz CT molecular complexity index is 940. The number of likely N-dealkylation sites (tertiary alicyclic amines) is 1. The fraction of sp³-hybridized carbons (Fsp3) is 0.350. The number of ether oxygens (including phenoxy) is 2. The molecule has 1 aliphatic rings. The summed E-state index contributed by atoms with van der Waals surface area (Å²) in [5, 5.41) is 0. The van der Waals surface area contributed by atoms with E-state index in [2.05, 4.69) is 4.90 Å². The largest absolute Gasteiger partial charge is 0.493 e. The van der Waals surface area contributed by atoms with Crippen molar-refractivity contribution in [1.82, 2.24) is 4.90 Å². The number of hydrogen-bond acceptors (Lipinski definition) is 6. The van der Waals surface area contributed by atoms with E-state index < -0.39 is 10.1 Å². The van der Waals surface area contributed by atoms with Crippen LogP contribution in [-0.2, 0) is 10.1 Å². The summed E-state index contributed by atoms with van der Waals surface area (Å²) in [6.07, 6.45) is 2.20. The van der Waals surface area contributed by atoms with Crippen LogP contribution < -0.4 is 13.7 Å². The van der Waals surface area contributed by atoms with Gasteiger partial charge in [-0.3, -0.25) is 0 Å². The van der Waals surface area contributed by atoms with Gasteiger partial charge in [-0.15, -0.1) is 0 Å². The molecule has 0 unspecified atom stereocenters. The molecule has 2 aromatic rings. The minimum atomic E-state index is -4.05. The fourth-order valence-electron chi connectivity index (χ4n) is 3.05. The Kier molecular flexibility index (Phi) is 6.10. The molecule has 2 aromatic carbocycles. The Labute approximate surface area is 171 Å². The summed E-state index contributed by atoms with van der Waals surface area (Å²) in [7, 11) is -1.15. The molecule has 150 valence electrons. The van der Waals surface area contributed by atoms with Crippen LogP contribution in [0.1, 0.15) is 24.0 Å². The van der Waals surface area contributed by atoms with E-state index in [4.69, 9.17) is 25.9 Å². The topological polar surface area (TPSA) is 65.1 Å². The number of aryl methyl sites for hydroxylation is 1. The molecule has 0 amide bonds. The van der Waals surface area contributed by atoms with Gasteiger partial charge in [-0.2, -0.15) is 8.42 Å². The second-order valence-electron chi connectivity index (χ2n) is 6.56. The number of thiocarbonyl (C=S) groups is 1. The van der Waals surface area contributed by atoms with Gasteiger partial charge in [-0.1, -0.05) is 29.9 Å². The predicted molar refractivity (Wildman–Crippen MR) is 111 cm³/mol. The summed E-state index contributed by atoms with van der Waals surface area (Å²) >= 11 is 5.59. The Hall–Kier alpha value is -2.32. The molecule has 0 bridgehead atoms. The molecule has 1 aliphatic heterocycles. The average molecular weight is 422 g/mol. The van der Waals surface area contributed by atoms with Crippen LogP contribution in [0.5, 0.6) is 17.2 Å². The number of methoxy groups -OCH3 is 2. The highest BCUT2D eigenvalue weighted by Gasteiger charge is 2.25. The van der Waals surface area contributed by atoms with Crippen molar-refractivity contribution in [3.63, 3.8) is 0 Å². The molecule has 0 spiro atoms. The first kappa shape index (κ1) is 20.4. The second kappa shape index (κ2) is 8.36. The van der Waals surface area contributed by atoms with Crippen LogP contribution in [-0.4, -0.2) is 45.6 Å². The molecule has 1 fully saturated rings. The Balaban J connectivity index is 1.98. The van der Waals surface area contributed by atoms with Gasteiger partial charge in [0.15, 0.2) is 11.5 Å². The summed E-state index contributed by atoms with van der Waals surface area (Å²) in [6.45, 7) is 3.69.